The molecule has 3 heteroatoms. The van der Waals surface area contributed by atoms with Crippen molar-refractivity contribution in [1.82, 2.24) is 4.90 Å². The van der Waals surface area contributed by atoms with E-state index >= 15 is 0 Å². The van der Waals surface area contributed by atoms with Crippen molar-refractivity contribution in [2.45, 2.75) is 19.4 Å². The van der Waals surface area contributed by atoms with E-state index in [-0.39, 0.29) is 0 Å². The van der Waals surface area contributed by atoms with E-state index in [2.05, 4.69) is 22.9 Å². The molecule has 2 heterocycles. The van der Waals surface area contributed by atoms with Crippen LogP contribution in [-0.4, -0.2) is 50.5 Å². The minimum Gasteiger partial charge on any atom is -0.378 e. The molecule has 2 aliphatic heterocycles. The highest BCUT2D eigenvalue weighted by molar-refractivity contribution is 5.79. The lowest BCUT2D eigenvalue weighted by molar-refractivity contribution is -0.0955. The highest BCUT2D eigenvalue weighted by Crippen LogP contribution is 2.27. The first-order valence-corrected chi connectivity index (χ1v) is 5.79. The second kappa shape index (κ2) is 4.90. The van der Waals surface area contributed by atoms with Crippen LogP contribution in [0.4, 0.5) is 0 Å². The molecule has 0 aliphatic carbocycles. The fraction of sp³-hybridized carbons (Fsp3) is 0.750. The molecule has 2 saturated heterocycles. The molecule has 0 spiro atoms. The van der Waals surface area contributed by atoms with Crippen LogP contribution in [0.3, 0.4) is 0 Å². The molecule has 0 radical (unpaired) electrons. The van der Waals surface area contributed by atoms with Gasteiger partial charge in [-0.05, 0) is 12.0 Å². The van der Waals surface area contributed by atoms with E-state index in [0.29, 0.717) is 12.0 Å². The predicted molar refractivity (Wildman–Crippen MR) is 62.5 cm³/mol. The fourth-order valence-electron chi connectivity index (χ4n) is 2.17. The Hall–Kier alpha value is -0.670. The maximum atomic E-state index is 5.20. The average Bonchev–Trinajstić information content (AvgIpc) is 2.07. The summed E-state index contributed by atoms with van der Waals surface area (Å²) in [6.07, 6.45) is 5.42. The summed E-state index contributed by atoms with van der Waals surface area (Å²) in [7, 11) is 1.85. The highest BCUT2D eigenvalue weighted by atomic mass is 16.5. The first-order valence-electron chi connectivity index (χ1n) is 5.79. The molecule has 0 saturated carbocycles. The van der Waals surface area contributed by atoms with Crippen LogP contribution in [0.1, 0.15) is 13.3 Å². The number of ether oxygens (including phenoxy) is 1. The van der Waals surface area contributed by atoms with Gasteiger partial charge in [0.15, 0.2) is 0 Å². The number of aliphatic imine (C=N–C) groups is 1. The summed E-state index contributed by atoms with van der Waals surface area (Å²) < 4.78 is 5.20. The van der Waals surface area contributed by atoms with Crippen LogP contribution in [0, 0.1) is 5.92 Å². The van der Waals surface area contributed by atoms with Crippen molar-refractivity contribution in [3.8, 4) is 0 Å². The first-order chi connectivity index (χ1) is 7.35. The van der Waals surface area contributed by atoms with Gasteiger partial charge in [-0.3, -0.25) is 9.89 Å². The van der Waals surface area contributed by atoms with Crippen LogP contribution in [0.2, 0.25) is 0 Å². The molecule has 0 bridgehead atoms. The van der Waals surface area contributed by atoms with Gasteiger partial charge in [-0.2, -0.15) is 0 Å². The van der Waals surface area contributed by atoms with Gasteiger partial charge < -0.3 is 4.74 Å². The van der Waals surface area contributed by atoms with Crippen LogP contribution in [-0.2, 0) is 4.74 Å². The minimum atomic E-state index is 0.697. The highest BCUT2D eigenvalue weighted by Gasteiger charge is 2.36. The van der Waals surface area contributed by atoms with Crippen molar-refractivity contribution in [1.29, 1.82) is 0 Å². The Bertz CT molecular complexity index is 263. The number of rotatable bonds is 4. The van der Waals surface area contributed by atoms with E-state index in [1.54, 1.807) is 0 Å². The summed E-state index contributed by atoms with van der Waals surface area (Å²) in [5.41, 5.74) is 1.41. The van der Waals surface area contributed by atoms with Crippen molar-refractivity contribution < 1.29 is 4.74 Å². The van der Waals surface area contributed by atoms with Crippen molar-refractivity contribution in [2.75, 3.05) is 33.4 Å². The van der Waals surface area contributed by atoms with Crippen molar-refractivity contribution in [3.05, 3.63) is 11.6 Å². The zero-order chi connectivity index (χ0) is 10.7. The predicted octanol–water partition coefficient (Wildman–Crippen LogP) is 1.35. The largest absolute Gasteiger partial charge is 0.378 e. The summed E-state index contributed by atoms with van der Waals surface area (Å²) in [4.78, 5) is 6.64. The topological polar surface area (TPSA) is 24.8 Å². The molecule has 2 aliphatic rings. The molecule has 0 aromatic heterocycles. The Kier molecular flexibility index (Phi) is 3.54. The van der Waals surface area contributed by atoms with Gasteiger partial charge in [0.05, 0.1) is 19.3 Å². The third-order valence-electron chi connectivity index (χ3n) is 3.24. The van der Waals surface area contributed by atoms with Gasteiger partial charge in [0, 0.05) is 32.3 Å². The van der Waals surface area contributed by atoms with Gasteiger partial charge in [0.2, 0.25) is 0 Å². The Balaban J connectivity index is 1.82. The number of allylic oxidation sites excluding steroid dienone is 1. The van der Waals surface area contributed by atoms with Crippen molar-refractivity contribution in [2.24, 2.45) is 10.9 Å². The standard InChI is InChI=1S/C12H20N2O/c1-3-4-10(5-13-2)11-6-14(7-11)12-8-15-9-12/h4-5,11-12H,3,6-9H2,1-2H3/b10-4+,13-5?. The zero-order valence-corrected chi connectivity index (χ0v) is 9.65. The third kappa shape index (κ3) is 2.29. The quantitative estimate of drug-likeness (QED) is 0.652. The number of nitrogens with zero attached hydrogens (tertiary/aromatic N) is 2. The zero-order valence-electron chi connectivity index (χ0n) is 9.65. The summed E-state index contributed by atoms with van der Waals surface area (Å²) in [5, 5.41) is 0. The van der Waals surface area contributed by atoms with Crippen LogP contribution in [0.5, 0.6) is 0 Å². The summed E-state index contributed by atoms with van der Waals surface area (Å²) >= 11 is 0. The molecule has 0 amide bonds. The summed E-state index contributed by atoms with van der Waals surface area (Å²) in [5.74, 6) is 0.703. The van der Waals surface area contributed by atoms with Crippen LogP contribution in [0.25, 0.3) is 0 Å². The first kappa shape index (κ1) is 10.8. The Morgan fingerprint density at radius 1 is 1.47 bits per heavy atom. The normalized spacial score (nSPS) is 25.6. The van der Waals surface area contributed by atoms with Gasteiger partial charge in [0.25, 0.3) is 0 Å². The molecular formula is C12H20N2O. The van der Waals surface area contributed by atoms with Gasteiger partial charge in [0.1, 0.15) is 0 Å². The Morgan fingerprint density at radius 3 is 2.67 bits per heavy atom. The maximum absolute atomic E-state index is 5.20. The summed E-state index contributed by atoms with van der Waals surface area (Å²) in [6.45, 7) is 6.42. The van der Waals surface area contributed by atoms with E-state index in [1.807, 2.05) is 13.3 Å². The monoisotopic (exact) mass is 208 g/mol. The third-order valence-corrected chi connectivity index (χ3v) is 3.24. The molecule has 3 nitrogen and oxygen atoms in total. The van der Waals surface area contributed by atoms with Gasteiger partial charge in [-0.25, -0.2) is 0 Å². The lowest BCUT2D eigenvalue weighted by Gasteiger charge is -2.47. The molecule has 0 aromatic rings. The second-order valence-corrected chi connectivity index (χ2v) is 4.34. The van der Waals surface area contributed by atoms with Gasteiger partial charge in [-0.1, -0.05) is 13.0 Å². The average molecular weight is 208 g/mol. The molecule has 0 aromatic carbocycles. The number of likely N-dealkylation sites (tertiary alicyclic amines) is 1. The van der Waals surface area contributed by atoms with Crippen LogP contribution >= 0.6 is 0 Å². The van der Waals surface area contributed by atoms with E-state index in [9.17, 15) is 0 Å². The molecule has 2 fully saturated rings. The molecule has 0 N–H and O–H groups in total. The molecule has 15 heavy (non-hydrogen) atoms. The summed E-state index contributed by atoms with van der Waals surface area (Å²) in [6, 6.07) is 0.697. The molecule has 0 atom stereocenters. The fourth-order valence-corrected chi connectivity index (χ4v) is 2.17. The van der Waals surface area contributed by atoms with Gasteiger partial charge >= 0.3 is 0 Å². The van der Waals surface area contributed by atoms with E-state index in [0.717, 1.165) is 19.6 Å². The smallest absolute Gasteiger partial charge is 0.0645 e. The molecule has 0 unspecified atom stereocenters. The number of hydrogen-bond donors (Lipinski definition) is 0. The lowest BCUT2D eigenvalue weighted by atomic mass is 9.89. The van der Waals surface area contributed by atoms with Gasteiger partial charge in [-0.15, -0.1) is 0 Å². The maximum Gasteiger partial charge on any atom is 0.0645 e. The molecular weight excluding hydrogens is 188 g/mol. The minimum absolute atomic E-state index is 0.697. The Labute approximate surface area is 91.8 Å². The van der Waals surface area contributed by atoms with Crippen molar-refractivity contribution >= 4 is 6.21 Å². The second-order valence-electron chi connectivity index (χ2n) is 4.34. The number of hydrogen-bond acceptors (Lipinski definition) is 3. The van der Waals surface area contributed by atoms with Crippen molar-refractivity contribution in [3.63, 3.8) is 0 Å². The lowest BCUT2D eigenvalue weighted by Crippen LogP contribution is -2.59. The van der Waals surface area contributed by atoms with E-state index in [1.165, 1.54) is 18.7 Å². The van der Waals surface area contributed by atoms with E-state index in [4.69, 9.17) is 4.74 Å². The van der Waals surface area contributed by atoms with Crippen LogP contribution < -0.4 is 0 Å². The molecule has 2 rings (SSSR count). The Morgan fingerprint density at radius 2 is 2.20 bits per heavy atom. The molecule has 84 valence electrons. The van der Waals surface area contributed by atoms with E-state index < -0.39 is 0 Å². The SMILES string of the molecule is CC/C=C(\C=NC)C1CN(C2COC2)C1. The van der Waals surface area contributed by atoms with Crippen LogP contribution in [0.15, 0.2) is 16.6 Å².